The van der Waals surface area contributed by atoms with E-state index in [2.05, 4.69) is 41.5 Å². The summed E-state index contributed by atoms with van der Waals surface area (Å²) in [6.45, 7) is 13.2. The van der Waals surface area contributed by atoms with Gasteiger partial charge in [0.25, 0.3) is 0 Å². The maximum atomic E-state index is 13.3. The van der Waals surface area contributed by atoms with Gasteiger partial charge < -0.3 is 4.74 Å². The number of carbonyl (C=O) groups is 3. The Morgan fingerprint density at radius 2 is 1.31 bits per heavy atom. The fourth-order valence-corrected chi connectivity index (χ4v) is 4.64. The molecule has 1 aliphatic carbocycles. The molecule has 0 bridgehead atoms. The minimum Gasteiger partial charge on any atom is -0.466 e. The number of fused-ring (bicyclic) bond motifs is 2. The number of benzene rings is 2. The Morgan fingerprint density at radius 1 is 0.743 bits per heavy atom. The number of esters is 1. The number of ketones is 2. The Hall–Kier alpha value is -2.75. The van der Waals surface area contributed by atoms with Gasteiger partial charge in [-0.15, -0.1) is 0 Å². The molecular weight excluding hydrogens is 436 g/mol. The molecule has 4 nitrogen and oxygen atoms in total. The number of hydrogen-bond acceptors (Lipinski definition) is 4. The van der Waals surface area contributed by atoms with E-state index < -0.39 is 0 Å². The van der Waals surface area contributed by atoms with Gasteiger partial charge in [-0.2, -0.15) is 0 Å². The van der Waals surface area contributed by atoms with Crippen LogP contribution in [-0.4, -0.2) is 24.1 Å². The summed E-state index contributed by atoms with van der Waals surface area (Å²) >= 11 is 0. The molecule has 0 saturated heterocycles. The molecule has 2 aromatic carbocycles. The first-order valence-electron chi connectivity index (χ1n) is 13.0. The minimum atomic E-state index is -0.240. The molecule has 0 aliphatic heterocycles. The second-order valence-corrected chi connectivity index (χ2v) is 11.4. The monoisotopic (exact) mass is 476 g/mol. The molecular formula is C31H40O4. The fourth-order valence-electron chi connectivity index (χ4n) is 4.64. The van der Waals surface area contributed by atoms with Crippen LogP contribution < -0.4 is 0 Å². The number of carbonyl (C=O) groups excluding carboxylic acids is 3. The largest absolute Gasteiger partial charge is 0.466 e. The highest BCUT2D eigenvalue weighted by molar-refractivity contribution is 6.28. The molecule has 0 heterocycles. The average molecular weight is 477 g/mol. The van der Waals surface area contributed by atoms with Crippen molar-refractivity contribution in [3.63, 3.8) is 0 Å². The van der Waals surface area contributed by atoms with Crippen molar-refractivity contribution in [2.45, 2.75) is 97.3 Å². The molecule has 0 amide bonds. The van der Waals surface area contributed by atoms with Crippen molar-refractivity contribution in [1.82, 2.24) is 0 Å². The second kappa shape index (κ2) is 10.9. The van der Waals surface area contributed by atoms with Gasteiger partial charge in [0, 0.05) is 28.7 Å². The normalized spacial score (nSPS) is 13.4. The fraction of sp³-hybridized carbons (Fsp3) is 0.516. The molecule has 4 heteroatoms. The van der Waals surface area contributed by atoms with Gasteiger partial charge in [-0.1, -0.05) is 72.9 Å². The molecule has 0 saturated carbocycles. The first-order chi connectivity index (χ1) is 16.5. The molecule has 0 fully saturated rings. The first-order valence-corrected chi connectivity index (χ1v) is 13.0. The first kappa shape index (κ1) is 26.8. The summed E-state index contributed by atoms with van der Waals surface area (Å²) in [4.78, 5) is 38.7. The molecule has 0 radical (unpaired) electrons. The maximum Gasteiger partial charge on any atom is 0.305 e. The van der Waals surface area contributed by atoms with Gasteiger partial charge >= 0.3 is 5.97 Å². The highest BCUT2D eigenvalue weighted by atomic mass is 16.5. The predicted octanol–water partition coefficient (Wildman–Crippen LogP) is 7.33. The molecule has 0 unspecified atom stereocenters. The average Bonchev–Trinajstić information content (AvgIpc) is 2.81. The molecule has 0 atom stereocenters. The topological polar surface area (TPSA) is 60.4 Å². The van der Waals surface area contributed by atoms with Gasteiger partial charge in [0.1, 0.15) is 0 Å². The highest BCUT2D eigenvalue weighted by Gasteiger charge is 2.32. The number of hydrogen-bond donors (Lipinski definition) is 0. The van der Waals surface area contributed by atoms with Crippen molar-refractivity contribution in [2.24, 2.45) is 0 Å². The van der Waals surface area contributed by atoms with E-state index in [-0.39, 0.29) is 28.4 Å². The lowest BCUT2D eigenvalue weighted by Gasteiger charge is -2.28. The van der Waals surface area contributed by atoms with Gasteiger partial charge in [0.2, 0.25) is 0 Å². The number of unbranched alkanes of at least 4 members (excludes halogenated alkanes) is 3. The molecule has 188 valence electrons. The van der Waals surface area contributed by atoms with Gasteiger partial charge in [0.05, 0.1) is 6.61 Å². The maximum absolute atomic E-state index is 13.3. The zero-order chi connectivity index (χ0) is 25.8. The third-order valence-electron chi connectivity index (χ3n) is 7.11. The van der Waals surface area contributed by atoms with E-state index in [1.165, 1.54) is 6.42 Å². The second-order valence-electron chi connectivity index (χ2n) is 11.4. The van der Waals surface area contributed by atoms with Crippen LogP contribution in [0.1, 0.15) is 129 Å². The molecule has 35 heavy (non-hydrogen) atoms. The van der Waals surface area contributed by atoms with E-state index in [4.69, 9.17) is 4.74 Å². The van der Waals surface area contributed by atoms with Gasteiger partial charge in [-0.3, -0.25) is 14.4 Å². The lowest BCUT2D eigenvalue weighted by Crippen LogP contribution is -2.25. The predicted molar refractivity (Wildman–Crippen MR) is 140 cm³/mol. The van der Waals surface area contributed by atoms with Gasteiger partial charge in [-0.25, -0.2) is 0 Å². The van der Waals surface area contributed by atoms with Crippen LogP contribution in [-0.2, 0) is 20.4 Å². The van der Waals surface area contributed by atoms with Crippen LogP contribution in [0.3, 0.4) is 0 Å². The highest BCUT2D eigenvalue weighted by Crippen LogP contribution is 2.35. The van der Waals surface area contributed by atoms with Crippen LogP contribution in [0.4, 0.5) is 0 Å². The SMILES string of the molecule is CCCCCCOC(=O)CCCC(C)(C)c1ccc2c(c1)C(=O)c1ccc(C(C)(C)C)cc1C2=O. The van der Waals surface area contributed by atoms with E-state index in [9.17, 15) is 14.4 Å². The summed E-state index contributed by atoms with van der Waals surface area (Å²) in [5.74, 6) is -0.333. The van der Waals surface area contributed by atoms with Crippen molar-refractivity contribution in [1.29, 1.82) is 0 Å². The van der Waals surface area contributed by atoms with Crippen LogP contribution >= 0.6 is 0 Å². The van der Waals surface area contributed by atoms with E-state index in [0.717, 1.165) is 36.8 Å². The van der Waals surface area contributed by atoms with Crippen molar-refractivity contribution in [3.05, 3.63) is 69.8 Å². The number of rotatable bonds is 10. The van der Waals surface area contributed by atoms with Gasteiger partial charge in [0.15, 0.2) is 11.6 Å². The van der Waals surface area contributed by atoms with Crippen LogP contribution in [0.15, 0.2) is 36.4 Å². The van der Waals surface area contributed by atoms with Crippen molar-refractivity contribution >= 4 is 17.5 Å². The zero-order valence-electron chi connectivity index (χ0n) is 22.3. The smallest absolute Gasteiger partial charge is 0.305 e. The van der Waals surface area contributed by atoms with Gasteiger partial charge in [-0.05, 0) is 65.5 Å². The summed E-state index contributed by atoms with van der Waals surface area (Å²) in [7, 11) is 0. The van der Waals surface area contributed by atoms with Crippen molar-refractivity contribution in [2.75, 3.05) is 6.61 Å². The third kappa shape index (κ3) is 6.28. The summed E-state index contributed by atoms with van der Waals surface area (Å²) in [5.41, 5.74) is 3.62. The lowest BCUT2D eigenvalue weighted by atomic mass is 9.75. The summed E-state index contributed by atoms with van der Waals surface area (Å²) < 4.78 is 5.35. The van der Waals surface area contributed by atoms with Crippen LogP contribution in [0, 0.1) is 0 Å². The van der Waals surface area contributed by atoms with E-state index >= 15 is 0 Å². The lowest BCUT2D eigenvalue weighted by molar-refractivity contribution is -0.143. The van der Waals surface area contributed by atoms with E-state index in [1.807, 2.05) is 24.3 Å². The molecule has 2 aromatic rings. The minimum absolute atomic E-state index is 0.0910. The Bertz CT molecular complexity index is 1100. The standard InChI is InChI=1S/C31H40O4/c1-7-8-9-10-18-35-27(32)12-11-17-31(5,6)22-14-16-24-26(20-22)29(34)23-15-13-21(30(2,3)4)19-25(23)28(24)33/h13-16,19-20H,7-12,17-18H2,1-6H3. The number of ether oxygens (including phenoxy) is 1. The Morgan fingerprint density at radius 3 is 1.89 bits per heavy atom. The molecule has 1 aliphatic rings. The molecule has 3 rings (SSSR count). The van der Waals surface area contributed by atoms with Crippen LogP contribution in [0.2, 0.25) is 0 Å². The Kier molecular flexibility index (Phi) is 8.35. The Labute approximate surface area is 210 Å². The summed E-state index contributed by atoms with van der Waals surface area (Å²) in [6.07, 6.45) is 6.24. The molecule has 0 N–H and O–H groups in total. The van der Waals surface area contributed by atoms with Crippen LogP contribution in [0.5, 0.6) is 0 Å². The summed E-state index contributed by atoms with van der Waals surface area (Å²) in [5, 5.41) is 0. The third-order valence-corrected chi connectivity index (χ3v) is 7.11. The summed E-state index contributed by atoms with van der Waals surface area (Å²) in [6, 6.07) is 11.2. The van der Waals surface area contributed by atoms with Crippen LogP contribution in [0.25, 0.3) is 0 Å². The van der Waals surface area contributed by atoms with E-state index in [0.29, 0.717) is 41.7 Å². The van der Waals surface area contributed by atoms with Crippen molar-refractivity contribution in [3.8, 4) is 0 Å². The van der Waals surface area contributed by atoms with Crippen molar-refractivity contribution < 1.29 is 19.1 Å². The molecule has 0 aromatic heterocycles. The molecule has 0 spiro atoms. The Balaban J connectivity index is 1.69. The zero-order valence-corrected chi connectivity index (χ0v) is 22.3. The quantitative estimate of drug-likeness (QED) is 0.227. The van der Waals surface area contributed by atoms with E-state index in [1.54, 1.807) is 12.1 Å².